The average molecular weight is 515 g/mol. The topological polar surface area (TPSA) is 138 Å². The number of hydrogen-bond donors (Lipinski definition) is 3. The van der Waals surface area contributed by atoms with E-state index in [0.29, 0.717) is 31.9 Å². The molecule has 0 radical (unpaired) electrons. The van der Waals surface area contributed by atoms with E-state index in [1.165, 1.54) is 0 Å². The molecule has 0 fully saturated rings. The Morgan fingerprint density at radius 1 is 1.09 bits per heavy atom. The van der Waals surface area contributed by atoms with Crippen molar-refractivity contribution >= 4 is 66.2 Å². The minimum atomic E-state index is -0.293. The zero-order chi connectivity index (χ0) is 21.3. The molecule has 2 heterocycles. The van der Waals surface area contributed by atoms with Crippen LogP contribution in [-0.4, -0.2) is 40.6 Å². The van der Waals surface area contributed by atoms with Crippen LogP contribution in [0.2, 0.25) is 0 Å². The molecule has 2 aromatic heterocycles. The van der Waals surface area contributed by atoms with Crippen LogP contribution in [0.25, 0.3) is 23.1 Å². The van der Waals surface area contributed by atoms with Gasteiger partial charge in [0.15, 0.2) is 11.8 Å². The van der Waals surface area contributed by atoms with E-state index < -0.39 is 0 Å². The van der Waals surface area contributed by atoms with Gasteiger partial charge in [-0.25, -0.2) is 9.97 Å². The van der Waals surface area contributed by atoms with Crippen molar-refractivity contribution in [1.29, 1.82) is 0 Å². The van der Waals surface area contributed by atoms with Crippen molar-refractivity contribution in [2.45, 2.75) is 19.4 Å². The highest BCUT2D eigenvalue weighted by Gasteiger charge is 2.18. The number of guanidine groups is 1. The van der Waals surface area contributed by atoms with E-state index in [1.54, 1.807) is 6.20 Å². The first kappa shape index (κ1) is 30.5. The molecule has 11 heteroatoms. The highest BCUT2D eigenvalue weighted by atomic mass is 35.5. The normalized spacial score (nSPS) is 11.2. The summed E-state index contributed by atoms with van der Waals surface area (Å²) in [6.45, 7) is 3.23. The Bertz CT molecular complexity index is 1040. The van der Waals surface area contributed by atoms with Gasteiger partial charge in [0, 0.05) is 11.6 Å². The summed E-state index contributed by atoms with van der Waals surface area (Å²) >= 11 is 0. The molecule has 8 nitrogen and oxygen atoms in total. The van der Waals surface area contributed by atoms with Crippen LogP contribution >= 0.6 is 37.2 Å². The van der Waals surface area contributed by atoms with Crippen molar-refractivity contribution in [2.75, 3.05) is 19.7 Å². The fourth-order valence-corrected chi connectivity index (χ4v) is 3.06. The minimum absolute atomic E-state index is 0. The maximum Gasteiger partial charge on any atom is 0.185 e. The number of benzene rings is 1. The Labute approximate surface area is 212 Å². The maximum absolute atomic E-state index is 6.06. The number of fused-ring (bicyclic) bond motifs is 1. The Kier molecular flexibility index (Phi) is 14.2. The molecular weight excluding hydrogens is 485 g/mol. The molecule has 3 aromatic rings. The molecule has 0 saturated carbocycles. The number of ether oxygens (including phenoxy) is 1. The molecule has 0 spiro atoms. The van der Waals surface area contributed by atoms with Crippen LogP contribution in [0.3, 0.4) is 0 Å². The molecule has 0 aliphatic heterocycles. The lowest BCUT2D eigenvalue weighted by Crippen LogP contribution is -2.24. The number of nitrogens with two attached hydrogens (primary N) is 3. The largest absolute Gasteiger partial charge is 0.370 e. The SMILES string of the molecule is Cc1ccc2nc(C=Cc3ccccn3)nc(C(CCN)OCCN=C(N)N)c2c1.Cl.Cl.Cl. The molecular formula is C22H30Cl3N7O. The zero-order valence-corrected chi connectivity index (χ0v) is 20.7. The van der Waals surface area contributed by atoms with Crippen LogP contribution < -0.4 is 17.2 Å². The fraction of sp³-hybridized carbons (Fsp3) is 0.273. The number of hydrogen-bond acceptors (Lipinski definition) is 6. The Morgan fingerprint density at radius 2 is 1.88 bits per heavy atom. The molecule has 1 unspecified atom stereocenters. The highest BCUT2D eigenvalue weighted by molar-refractivity contribution is 5.86. The molecule has 0 amide bonds. The van der Waals surface area contributed by atoms with Gasteiger partial charge in [0.2, 0.25) is 0 Å². The standard InChI is InChI=1S/C22H27N7O.3ClH/c1-15-5-7-18-17(14-15)21(19(9-10-23)30-13-12-27-22(24)25)29-20(28-18)8-6-16-4-2-3-11-26-16;;;/h2-8,11,14,19H,9-10,12-13,23H2,1H3,(H4,24,25,27);3*1H. The third-order valence-corrected chi connectivity index (χ3v) is 4.43. The van der Waals surface area contributed by atoms with Crippen molar-refractivity contribution < 1.29 is 4.74 Å². The van der Waals surface area contributed by atoms with E-state index in [9.17, 15) is 0 Å². The Morgan fingerprint density at radius 3 is 2.55 bits per heavy atom. The van der Waals surface area contributed by atoms with Crippen LogP contribution in [0, 0.1) is 6.92 Å². The number of aromatic nitrogens is 3. The van der Waals surface area contributed by atoms with Crippen LogP contribution in [0.15, 0.2) is 47.6 Å². The van der Waals surface area contributed by atoms with Crippen LogP contribution in [0.5, 0.6) is 0 Å². The monoisotopic (exact) mass is 513 g/mol. The predicted molar refractivity (Wildman–Crippen MR) is 142 cm³/mol. The Hall–Kier alpha value is -2.49. The first-order valence-corrected chi connectivity index (χ1v) is 9.81. The third kappa shape index (κ3) is 9.11. The third-order valence-electron chi connectivity index (χ3n) is 4.43. The van der Waals surface area contributed by atoms with Gasteiger partial charge in [-0.2, -0.15) is 0 Å². The van der Waals surface area contributed by atoms with Gasteiger partial charge in [-0.1, -0.05) is 17.7 Å². The first-order valence-electron chi connectivity index (χ1n) is 9.81. The summed E-state index contributed by atoms with van der Waals surface area (Å²) in [6.07, 6.45) is 5.81. The fourth-order valence-electron chi connectivity index (χ4n) is 3.06. The van der Waals surface area contributed by atoms with E-state index in [2.05, 4.69) is 21.0 Å². The van der Waals surface area contributed by atoms with Crippen molar-refractivity contribution in [1.82, 2.24) is 15.0 Å². The van der Waals surface area contributed by atoms with Gasteiger partial charge in [-0.05, 0) is 56.3 Å². The van der Waals surface area contributed by atoms with Gasteiger partial charge >= 0.3 is 0 Å². The van der Waals surface area contributed by atoms with E-state index in [1.807, 2.05) is 49.4 Å². The summed E-state index contributed by atoms with van der Waals surface area (Å²) in [7, 11) is 0. The van der Waals surface area contributed by atoms with E-state index >= 15 is 0 Å². The summed E-state index contributed by atoms with van der Waals surface area (Å²) in [5.74, 6) is 0.626. The van der Waals surface area contributed by atoms with Crippen molar-refractivity contribution in [2.24, 2.45) is 22.2 Å². The number of halogens is 3. The zero-order valence-electron chi connectivity index (χ0n) is 18.3. The van der Waals surface area contributed by atoms with E-state index in [0.717, 1.165) is 27.9 Å². The second kappa shape index (κ2) is 15.4. The lowest BCUT2D eigenvalue weighted by molar-refractivity contribution is 0.0521. The highest BCUT2D eigenvalue weighted by Crippen LogP contribution is 2.28. The van der Waals surface area contributed by atoms with Crippen molar-refractivity contribution in [3.63, 3.8) is 0 Å². The van der Waals surface area contributed by atoms with Gasteiger partial charge < -0.3 is 21.9 Å². The summed E-state index contributed by atoms with van der Waals surface area (Å²) in [6, 6.07) is 11.8. The molecule has 1 atom stereocenters. The molecule has 0 saturated heterocycles. The quantitative estimate of drug-likeness (QED) is 0.226. The van der Waals surface area contributed by atoms with Crippen LogP contribution in [0.4, 0.5) is 0 Å². The number of rotatable bonds is 9. The molecule has 1 aromatic carbocycles. The number of aryl methyl sites for hydroxylation is 1. The lowest BCUT2D eigenvalue weighted by Gasteiger charge is -2.19. The predicted octanol–water partition coefficient (Wildman–Crippen LogP) is 3.45. The summed E-state index contributed by atoms with van der Waals surface area (Å²) in [5, 5.41) is 0.949. The number of pyridine rings is 1. The summed E-state index contributed by atoms with van der Waals surface area (Å²) in [4.78, 5) is 17.8. The van der Waals surface area contributed by atoms with E-state index in [4.69, 9.17) is 26.9 Å². The Balaban J connectivity index is 0.00000341. The first-order chi connectivity index (χ1) is 14.6. The van der Waals surface area contributed by atoms with E-state index in [-0.39, 0.29) is 49.3 Å². The molecule has 0 aliphatic rings. The average Bonchev–Trinajstić information content (AvgIpc) is 2.74. The molecule has 0 bridgehead atoms. The molecule has 6 N–H and O–H groups in total. The molecule has 0 aliphatic carbocycles. The molecule has 33 heavy (non-hydrogen) atoms. The second-order valence-electron chi connectivity index (χ2n) is 6.82. The van der Waals surface area contributed by atoms with Crippen molar-refractivity contribution in [3.05, 3.63) is 65.4 Å². The van der Waals surface area contributed by atoms with Gasteiger partial charge in [0.05, 0.1) is 30.1 Å². The van der Waals surface area contributed by atoms with Crippen molar-refractivity contribution in [3.8, 4) is 0 Å². The molecule has 180 valence electrons. The van der Waals surface area contributed by atoms with Crippen LogP contribution in [0.1, 0.15) is 35.3 Å². The van der Waals surface area contributed by atoms with Gasteiger partial charge in [-0.15, -0.1) is 37.2 Å². The minimum Gasteiger partial charge on any atom is -0.370 e. The van der Waals surface area contributed by atoms with Crippen LogP contribution in [-0.2, 0) is 4.74 Å². The summed E-state index contributed by atoms with van der Waals surface area (Å²) < 4.78 is 6.06. The number of aliphatic imine (C=N–C) groups is 1. The number of nitrogens with zero attached hydrogens (tertiary/aromatic N) is 4. The maximum atomic E-state index is 6.06. The second-order valence-corrected chi connectivity index (χ2v) is 6.82. The lowest BCUT2D eigenvalue weighted by atomic mass is 10.0. The van der Waals surface area contributed by atoms with Gasteiger partial charge in [-0.3, -0.25) is 9.98 Å². The smallest absolute Gasteiger partial charge is 0.185 e. The van der Waals surface area contributed by atoms with Gasteiger partial charge in [0.1, 0.15) is 6.10 Å². The summed E-state index contributed by atoms with van der Waals surface area (Å²) in [5.41, 5.74) is 20.2. The van der Waals surface area contributed by atoms with Gasteiger partial charge in [0.25, 0.3) is 0 Å². The molecule has 3 rings (SSSR count).